The van der Waals surface area contributed by atoms with Crippen LogP contribution in [-0.2, 0) is 21.7 Å². The molecule has 0 aliphatic carbocycles. The highest BCUT2D eigenvalue weighted by Crippen LogP contribution is 2.55. The summed E-state index contributed by atoms with van der Waals surface area (Å²) in [5.74, 6) is 0. The standard InChI is InChI=1S/C70H68/c1-67(2,3)53-35-31-51(32-36-53)61-57-41-39-55(69(7,8)9)43-59(57)64(50-29-25-48(26-30-50)46-21-17-14-18-22-46)66-62(52-33-37-54(38-34-52)68(4,5)6)58-42-40-56(70(10,11)12)44-60(58)63(65(61)66)49-27-23-47(24-28-49)45-19-15-13-16-20-45/h13-44H,1-12H3/i13D,14D,15D,16D,17D,18D,19D,20D,21D,22D,23D,24D,25D,26D,27D,28D,29D,30D. The number of benzene rings is 10. The van der Waals surface area contributed by atoms with E-state index in [4.69, 9.17) is 13.7 Å². The highest BCUT2D eigenvalue weighted by Gasteiger charge is 2.29. The van der Waals surface area contributed by atoms with Crippen LogP contribution in [0.25, 0.3) is 99.1 Å². The Morgan fingerprint density at radius 1 is 0.243 bits per heavy atom. The van der Waals surface area contributed by atoms with Gasteiger partial charge in [0.15, 0.2) is 0 Å². The average Bonchev–Trinajstić information content (AvgIpc) is 0.690. The summed E-state index contributed by atoms with van der Waals surface area (Å²) in [4.78, 5) is 0. The fourth-order valence-corrected chi connectivity index (χ4v) is 9.43. The molecule has 0 radical (unpaired) electrons. The fraction of sp³-hybridized carbons (Fsp3) is 0.229. The van der Waals surface area contributed by atoms with Crippen molar-refractivity contribution in [1.82, 2.24) is 0 Å². The highest BCUT2D eigenvalue weighted by molar-refractivity contribution is 6.34. The van der Waals surface area contributed by atoms with Gasteiger partial charge >= 0.3 is 0 Å². The highest BCUT2D eigenvalue weighted by atomic mass is 14.3. The van der Waals surface area contributed by atoms with Gasteiger partial charge in [0.1, 0.15) is 0 Å². The third-order valence-corrected chi connectivity index (χ3v) is 13.4. The summed E-state index contributed by atoms with van der Waals surface area (Å²) in [5.41, 5.74) is 2.36. The molecule has 0 aromatic heterocycles. The molecule has 0 saturated heterocycles. The Balaban J connectivity index is 1.60. The first-order valence-corrected chi connectivity index (χ1v) is 23.9. The summed E-state index contributed by atoms with van der Waals surface area (Å²) in [5, 5.41) is 2.71. The van der Waals surface area contributed by atoms with Crippen LogP contribution < -0.4 is 0 Å². The molecule has 0 aliphatic heterocycles. The number of fused-ring (bicyclic) bond motifs is 3. The quantitative estimate of drug-likeness (QED) is 0.146. The average molecular weight is 927 g/mol. The lowest BCUT2D eigenvalue weighted by molar-refractivity contribution is 0.590. The summed E-state index contributed by atoms with van der Waals surface area (Å²) in [7, 11) is 0. The largest absolute Gasteiger partial charge is 0.0629 e. The van der Waals surface area contributed by atoms with Crippen LogP contribution in [-0.4, -0.2) is 0 Å². The van der Waals surface area contributed by atoms with E-state index >= 15 is 0 Å². The zero-order valence-corrected chi connectivity index (χ0v) is 42.1. The molecule has 0 fully saturated rings. The molecule has 0 bridgehead atoms. The summed E-state index contributed by atoms with van der Waals surface area (Å²) in [6.45, 7) is 24.9. The van der Waals surface area contributed by atoms with Crippen LogP contribution in [0.2, 0.25) is 0 Å². The molecule has 0 amide bonds. The third kappa shape index (κ3) is 8.68. The molecule has 0 spiro atoms. The molecule has 0 atom stereocenters. The Hall–Kier alpha value is -7.02. The first-order valence-electron chi connectivity index (χ1n) is 32.9. The van der Waals surface area contributed by atoms with Gasteiger partial charge in [-0.05, 0) is 155 Å². The van der Waals surface area contributed by atoms with Crippen molar-refractivity contribution in [2.75, 3.05) is 0 Å². The van der Waals surface area contributed by atoms with Gasteiger partial charge < -0.3 is 0 Å². The molecule has 0 N–H and O–H groups in total. The van der Waals surface area contributed by atoms with E-state index in [1.165, 1.54) is 0 Å². The first kappa shape index (κ1) is 29.9. The van der Waals surface area contributed by atoms with Crippen molar-refractivity contribution in [1.29, 1.82) is 0 Å². The molecular weight excluding hydrogens is 841 g/mol. The lowest BCUT2D eigenvalue weighted by Crippen LogP contribution is -2.11. The molecule has 0 nitrogen and oxygen atoms in total. The zero-order chi connectivity index (χ0) is 65.0. The van der Waals surface area contributed by atoms with E-state index < -0.39 is 142 Å². The van der Waals surface area contributed by atoms with E-state index in [2.05, 4.69) is 41.5 Å². The van der Waals surface area contributed by atoms with Gasteiger partial charge in [0, 0.05) is 0 Å². The predicted molar refractivity (Wildman–Crippen MR) is 306 cm³/mol. The molecule has 10 rings (SSSR count). The predicted octanol–water partition coefficient (Wildman–Crippen LogP) is 20.3. The Morgan fingerprint density at radius 2 is 0.500 bits per heavy atom. The van der Waals surface area contributed by atoms with Crippen LogP contribution in [0.15, 0.2) is 194 Å². The van der Waals surface area contributed by atoms with Gasteiger partial charge in [-0.25, -0.2) is 0 Å². The Bertz CT molecular complexity index is 4230. The van der Waals surface area contributed by atoms with E-state index in [1.54, 1.807) is 0 Å². The van der Waals surface area contributed by atoms with Crippen LogP contribution in [0.3, 0.4) is 0 Å². The summed E-state index contributed by atoms with van der Waals surface area (Å²) >= 11 is 0. The maximum Gasteiger partial charge on any atom is 0.0629 e. The van der Waals surface area contributed by atoms with E-state index in [0.29, 0.717) is 54.6 Å². The molecule has 0 heteroatoms. The Morgan fingerprint density at radius 3 is 0.800 bits per heavy atom. The molecule has 0 saturated carbocycles. The van der Waals surface area contributed by atoms with Crippen molar-refractivity contribution < 1.29 is 24.7 Å². The van der Waals surface area contributed by atoms with E-state index in [0.717, 1.165) is 22.3 Å². The van der Waals surface area contributed by atoms with Gasteiger partial charge in [0.25, 0.3) is 0 Å². The van der Waals surface area contributed by atoms with Crippen molar-refractivity contribution in [3.63, 3.8) is 0 Å². The normalized spacial score (nSPS) is 16.2. The maximum atomic E-state index is 10.3. The van der Waals surface area contributed by atoms with Crippen molar-refractivity contribution in [3.05, 3.63) is 216 Å². The smallest absolute Gasteiger partial charge is 0.0622 e. The van der Waals surface area contributed by atoms with Gasteiger partial charge in [0.05, 0.1) is 24.7 Å². The molecule has 0 unspecified atom stereocenters. The molecule has 10 aromatic rings. The van der Waals surface area contributed by atoms with Gasteiger partial charge in [-0.15, -0.1) is 0 Å². The minimum atomic E-state index is -0.721. The Labute approximate surface area is 443 Å². The van der Waals surface area contributed by atoms with Crippen LogP contribution in [0.4, 0.5) is 0 Å². The Kier molecular flexibility index (Phi) is 7.44. The van der Waals surface area contributed by atoms with Gasteiger partial charge in [0.2, 0.25) is 0 Å². The molecule has 10 aromatic carbocycles. The summed E-state index contributed by atoms with van der Waals surface area (Å²) in [6.07, 6.45) is 0. The van der Waals surface area contributed by atoms with Crippen LogP contribution in [0, 0.1) is 0 Å². The summed E-state index contributed by atoms with van der Waals surface area (Å²) in [6, 6.07) is 15.6. The topological polar surface area (TPSA) is 0 Å². The third-order valence-electron chi connectivity index (χ3n) is 13.4. The minimum Gasteiger partial charge on any atom is -0.0622 e. The van der Waals surface area contributed by atoms with Crippen LogP contribution in [0.1, 0.15) is 130 Å². The van der Waals surface area contributed by atoms with Crippen molar-refractivity contribution in [3.8, 4) is 66.8 Å². The molecule has 70 heavy (non-hydrogen) atoms. The van der Waals surface area contributed by atoms with Gasteiger partial charge in [-0.1, -0.05) is 265 Å². The van der Waals surface area contributed by atoms with Crippen LogP contribution in [0.5, 0.6) is 0 Å². The first-order chi connectivity index (χ1) is 40.7. The monoisotopic (exact) mass is 927 g/mol. The lowest BCUT2D eigenvalue weighted by Gasteiger charge is -2.28. The second kappa shape index (κ2) is 17.4. The van der Waals surface area contributed by atoms with Crippen molar-refractivity contribution in [2.24, 2.45) is 0 Å². The SMILES string of the molecule is [2H]c1c([2H])c([2H])c(-c2c([2H])c([2H])c(-c3c4cc(C(C)(C)C)ccc4c(-c4ccc(C(C)(C)C)cc4)c4c(-c5c([2H])c([2H])c(-c6c([2H])c([2H])c([2H])c([2H])c6[2H])c([2H])c5[2H])c5cc(C(C)(C)C)ccc5c(-c5ccc(C(C)(C)C)cc5)c34)c([2H])c2[2H])c([2H])c1[2H]. The fourth-order valence-electron chi connectivity index (χ4n) is 9.43. The number of rotatable bonds is 6. The maximum absolute atomic E-state index is 10.3. The molecular formula is C70H68. The molecule has 0 aliphatic rings. The van der Waals surface area contributed by atoms with E-state index in [9.17, 15) is 11.0 Å². The van der Waals surface area contributed by atoms with Crippen molar-refractivity contribution >= 4 is 32.3 Å². The second-order valence-electron chi connectivity index (χ2n) is 22.4. The molecule has 348 valence electrons. The van der Waals surface area contributed by atoms with Crippen molar-refractivity contribution in [2.45, 2.75) is 105 Å². The zero-order valence-electron chi connectivity index (χ0n) is 60.1. The van der Waals surface area contributed by atoms with Crippen LogP contribution >= 0.6 is 0 Å². The van der Waals surface area contributed by atoms with E-state index in [-0.39, 0.29) is 33.1 Å². The minimum absolute atomic E-state index is 0.194. The van der Waals surface area contributed by atoms with E-state index in [1.807, 2.05) is 126 Å². The second-order valence-corrected chi connectivity index (χ2v) is 22.4. The molecule has 0 heterocycles. The summed E-state index contributed by atoms with van der Waals surface area (Å²) < 4.78 is 168. The van der Waals surface area contributed by atoms with Gasteiger partial charge in [-0.2, -0.15) is 0 Å². The lowest BCUT2D eigenvalue weighted by atomic mass is 9.75. The number of hydrogen-bond donors (Lipinski definition) is 0. The van der Waals surface area contributed by atoms with Gasteiger partial charge in [-0.3, -0.25) is 0 Å². The number of hydrogen-bond acceptors (Lipinski definition) is 0.